The maximum absolute atomic E-state index is 12.4. The van der Waals surface area contributed by atoms with Gasteiger partial charge in [0.05, 0.1) is 13.2 Å². The van der Waals surface area contributed by atoms with Crippen molar-refractivity contribution in [1.82, 2.24) is 10.2 Å². The molecule has 1 unspecified atom stereocenters. The summed E-state index contributed by atoms with van der Waals surface area (Å²) in [7, 11) is 3.98. The number of morpholine rings is 1. The zero-order valence-electron chi connectivity index (χ0n) is 14.7. The van der Waals surface area contributed by atoms with Crippen molar-refractivity contribution in [3.8, 4) is 0 Å². The van der Waals surface area contributed by atoms with Crippen LogP contribution in [0.15, 0.2) is 24.3 Å². The van der Waals surface area contributed by atoms with Crippen LogP contribution in [0.3, 0.4) is 0 Å². The van der Waals surface area contributed by atoms with Crippen LogP contribution in [0.25, 0.3) is 0 Å². The molecule has 1 N–H and O–H groups in total. The molecule has 5 nitrogen and oxygen atoms in total. The molecule has 0 aromatic heterocycles. The van der Waals surface area contributed by atoms with Gasteiger partial charge in [0, 0.05) is 51.0 Å². The number of ether oxygens (including phenoxy) is 1. The quantitative estimate of drug-likeness (QED) is 0.869. The van der Waals surface area contributed by atoms with Crippen LogP contribution in [-0.4, -0.2) is 63.8 Å². The molecular formula is C18H29N3O2. The van der Waals surface area contributed by atoms with Gasteiger partial charge in [-0.15, -0.1) is 0 Å². The smallest absolute Gasteiger partial charge is 0.251 e. The predicted molar refractivity (Wildman–Crippen MR) is 94.1 cm³/mol. The molecule has 1 saturated heterocycles. The van der Waals surface area contributed by atoms with Crippen LogP contribution in [0.2, 0.25) is 0 Å². The summed E-state index contributed by atoms with van der Waals surface area (Å²) in [5, 5.41) is 3.09. The first-order valence-corrected chi connectivity index (χ1v) is 8.36. The number of rotatable bonds is 6. The summed E-state index contributed by atoms with van der Waals surface area (Å²) in [5.74, 6) is 0.485. The minimum atomic E-state index is -0.00536. The van der Waals surface area contributed by atoms with Gasteiger partial charge in [-0.05, 0) is 30.2 Å². The van der Waals surface area contributed by atoms with E-state index in [1.54, 1.807) is 0 Å². The van der Waals surface area contributed by atoms with Crippen molar-refractivity contribution >= 4 is 11.6 Å². The average Bonchev–Trinajstić information content (AvgIpc) is 2.55. The Balaban J connectivity index is 1.92. The Bertz CT molecular complexity index is 493. The number of hydrogen-bond acceptors (Lipinski definition) is 4. The minimum Gasteiger partial charge on any atom is -0.379 e. The van der Waals surface area contributed by atoms with Crippen LogP contribution in [0, 0.1) is 5.92 Å². The Hall–Kier alpha value is -1.59. The molecule has 2 rings (SSSR count). The molecule has 5 heteroatoms. The zero-order chi connectivity index (χ0) is 16.8. The van der Waals surface area contributed by atoms with E-state index in [0.717, 1.165) is 32.0 Å². The summed E-state index contributed by atoms with van der Waals surface area (Å²) in [6.07, 6.45) is 0. The molecule has 23 heavy (non-hydrogen) atoms. The molecule has 1 aromatic carbocycles. The second-order valence-electron chi connectivity index (χ2n) is 6.61. The third-order valence-electron chi connectivity index (χ3n) is 4.40. The molecule has 1 aliphatic rings. The Labute approximate surface area is 139 Å². The van der Waals surface area contributed by atoms with Crippen molar-refractivity contribution in [2.75, 3.05) is 51.8 Å². The van der Waals surface area contributed by atoms with Gasteiger partial charge in [-0.1, -0.05) is 13.8 Å². The fourth-order valence-electron chi connectivity index (χ4n) is 2.91. The molecular weight excluding hydrogens is 290 g/mol. The molecule has 1 aliphatic heterocycles. The lowest BCUT2D eigenvalue weighted by Crippen LogP contribution is -2.51. The van der Waals surface area contributed by atoms with E-state index in [4.69, 9.17) is 4.74 Å². The lowest BCUT2D eigenvalue weighted by atomic mass is 10.0. The molecule has 0 bridgehead atoms. The molecule has 1 aromatic rings. The van der Waals surface area contributed by atoms with Crippen molar-refractivity contribution in [3.05, 3.63) is 29.8 Å². The van der Waals surface area contributed by atoms with Gasteiger partial charge in [-0.25, -0.2) is 0 Å². The maximum Gasteiger partial charge on any atom is 0.251 e. The lowest BCUT2D eigenvalue weighted by Gasteiger charge is -2.36. The summed E-state index contributed by atoms with van der Waals surface area (Å²) in [6.45, 7) is 8.53. The van der Waals surface area contributed by atoms with Crippen LogP contribution in [0.1, 0.15) is 24.2 Å². The summed E-state index contributed by atoms with van der Waals surface area (Å²) < 4.78 is 5.42. The molecule has 128 valence electrons. The fourth-order valence-corrected chi connectivity index (χ4v) is 2.91. The van der Waals surface area contributed by atoms with E-state index in [9.17, 15) is 4.79 Å². The number of hydrogen-bond donors (Lipinski definition) is 1. The number of carbonyl (C=O) groups excluding carboxylic acids is 1. The van der Waals surface area contributed by atoms with E-state index in [0.29, 0.717) is 24.1 Å². The van der Waals surface area contributed by atoms with Crippen molar-refractivity contribution in [1.29, 1.82) is 0 Å². The van der Waals surface area contributed by atoms with Gasteiger partial charge in [0.25, 0.3) is 5.91 Å². The van der Waals surface area contributed by atoms with Crippen molar-refractivity contribution in [2.45, 2.75) is 19.9 Å². The van der Waals surface area contributed by atoms with Crippen LogP contribution in [0.5, 0.6) is 0 Å². The first kappa shape index (κ1) is 17.8. The van der Waals surface area contributed by atoms with Crippen LogP contribution >= 0.6 is 0 Å². The first-order chi connectivity index (χ1) is 11.0. The maximum atomic E-state index is 12.4. The highest BCUT2D eigenvalue weighted by molar-refractivity contribution is 5.94. The molecule has 1 atom stereocenters. The number of carbonyl (C=O) groups is 1. The van der Waals surface area contributed by atoms with E-state index in [1.807, 2.05) is 43.3 Å². The average molecular weight is 319 g/mol. The standard InChI is InChI=1S/C18H29N3O2/c1-14(2)17(21-9-11-23-12-10-21)13-19-18(22)15-5-7-16(8-6-15)20(3)4/h5-8,14,17H,9-13H2,1-4H3,(H,19,22). The number of benzene rings is 1. The number of amides is 1. The normalized spacial score (nSPS) is 17.1. The SMILES string of the molecule is CC(C)C(CNC(=O)c1ccc(N(C)C)cc1)N1CCOCC1. The predicted octanol–water partition coefficient (Wildman–Crippen LogP) is 1.84. The van der Waals surface area contributed by atoms with E-state index in [-0.39, 0.29) is 5.91 Å². The van der Waals surface area contributed by atoms with Crippen LogP contribution in [-0.2, 0) is 4.74 Å². The van der Waals surface area contributed by atoms with Crippen molar-refractivity contribution < 1.29 is 9.53 Å². The lowest BCUT2D eigenvalue weighted by molar-refractivity contribution is 0.00673. The highest BCUT2D eigenvalue weighted by Crippen LogP contribution is 2.14. The number of nitrogens with one attached hydrogen (secondary N) is 1. The molecule has 1 fully saturated rings. The van der Waals surface area contributed by atoms with E-state index in [2.05, 4.69) is 24.1 Å². The summed E-state index contributed by atoms with van der Waals surface area (Å²) >= 11 is 0. The number of nitrogens with zero attached hydrogens (tertiary/aromatic N) is 2. The minimum absolute atomic E-state index is 0.00536. The van der Waals surface area contributed by atoms with Gasteiger partial charge in [0.15, 0.2) is 0 Å². The van der Waals surface area contributed by atoms with Gasteiger partial charge in [0.2, 0.25) is 0 Å². The van der Waals surface area contributed by atoms with Gasteiger partial charge in [-0.2, -0.15) is 0 Å². The van der Waals surface area contributed by atoms with Crippen LogP contribution < -0.4 is 10.2 Å². The summed E-state index contributed by atoms with van der Waals surface area (Å²) in [5.41, 5.74) is 1.80. The third-order valence-corrected chi connectivity index (χ3v) is 4.40. The van der Waals surface area contributed by atoms with E-state index < -0.39 is 0 Å². The molecule has 1 heterocycles. The van der Waals surface area contributed by atoms with Gasteiger partial charge < -0.3 is 15.0 Å². The second-order valence-corrected chi connectivity index (χ2v) is 6.61. The molecule has 0 spiro atoms. The molecule has 1 amide bonds. The second kappa shape index (κ2) is 8.31. The van der Waals surface area contributed by atoms with Crippen molar-refractivity contribution in [3.63, 3.8) is 0 Å². The first-order valence-electron chi connectivity index (χ1n) is 8.36. The zero-order valence-corrected chi connectivity index (χ0v) is 14.7. The Morgan fingerprint density at radius 3 is 2.35 bits per heavy atom. The van der Waals surface area contributed by atoms with E-state index >= 15 is 0 Å². The van der Waals surface area contributed by atoms with Gasteiger partial charge >= 0.3 is 0 Å². The Kier molecular flexibility index (Phi) is 6.42. The largest absolute Gasteiger partial charge is 0.379 e. The summed E-state index contributed by atoms with van der Waals surface area (Å²) in [6, 6.07) is 8.05. The highest BCUT2D eigenvalue weighted by Gasteiger charge is 2.24. The number of anilines is 1. The topological polar surface area (TPSA) is 44.8 Å². The van der Waals surface area contributed by atoms with Gasteiger partial charge in [0.1, 0.15) is 0 Å². The van der Waals surface area contributed by atoms with Gasteiger partial charge in [-0.3, -0.25) is 9.69 Å². The van der Waals surface area contributed by atoms with Crippen LogP contribution in [0.4, 0.5) is 5.69 Å². The molecule has 0 saturated carbocycles. The molecule has 0 aliphatic carbocycles. The third kappa shape index (κ3) is 4.94. The monoisotopic (exact) mass is 319 g/mol. The highest BCUT2D eigenvalue weighted by atomic mass is 16.5. The van der Waals surface area contributed by atoms with E-state index in [1.165, 1.54) is 0 Å². The summed E-state index contributed by atoms with van der Waals surface area (Å²) in [4.78, 5) is 16.8. The van der Waals surface area contributed by atoms with Crippen molar-refractivity contribution in [2.24, 2.45) is 5.92 Å². The Morgan fingerprint density at radius 1 is 1.22 bits per heavy atom. The molecule has 0 radical (unpaired) electrons. The Morgan fingerprint density at radius 2 is 1.83 bits per heavy atom. The fraction of sp³-hybridized carbons (Fsp3) is 0.611.